The molecule has 0 aliphatic carbocycles. The average molecular weight is 228 g/mol. The van der Waals surface area contributed by atoms with E-state index in [1.165, 1.54) is 0 Å². The number of aliphatic hydroxyl groups is 1. The average Bonchev–Trinajstić information content (AvgIpc) is 2.09. The van der Waals surface area contributed by atoms with Crippen LogP contribution in [0.2, 0.25) is 0 Å². The van der Waals surface area contributed by atoms with Crippen molar-refractivity contribution in [1.29, 1.82) is 0 Å². The smallest absolute Gasteiger partial charge is 0.0626 e. The molecule has 0 aliphatic heterocycles. The van der Waals surface area contributed by atoms with Gasteiger partial charge in [-0.05, 0) is 24.3 Å². The molecule has 0 spiro atoms. The highest BCUT2D eigenvalue weighted by Gasteiger charge is 1.86. The van der Waals surface area contributed by atoms with E-state index in [2.05, 4.69) is 20.9 Å². The molecule has 0 saturated heterocycles. The van der Waals surface area contributed by atoms with E-state index in [9.17, 15) is 0 Å². The highest BCUT2D eigenvalue weighted by Crippen LogP contribution is 2.16. The van der Waals surface area contributed by atoms with Gasteiger partial charge in [-0.25, -0.2) is 0 Å². The Bertz CT molecular complexity index is 256. The molecule has 64 valence electrons. The third-order valence-electron chi connectivity index (χ3n) is 1.33. The molecule has 0 saturated carbocycles. The molecular weight excluding hydrogens is 218 g/mol. The summed E-state index contributed by atoms with van der Waals surface area (Å²) in [7, 11) is 0. The predicted molar refractivity (Wildman–Crippen MR) is 54.0 cm³/mol. The summed E-state index contributed by atoms with van der Waals surface area (Å²) in [6, 6.07) is 7.70. The molecule has 0 aromatic heterocycles. The Labute approximate surface area is 80.1 Å². The molecule has 0 aliphatic rings. The van der Waals surface area contributed by atoms with Crippen LogP contribution < -0.4 is 0 Å². The number of hydrogen-bond acceptors (Lipinski definition) is 2. The first-order valence-corrected chi connectivity index (χ1v) is 4.51. The molecule has 2 nitrogen and oxygen atoms in total. The summed E-state index contributed by atoms with van der Waals surface area (Å²) in [5.74, 6) is 0. The Morgan fingerprint density at radius 2 is 2.00 bits per heavy atom. The molecule has 1 rings (SSSR count). The first-order valence-electron chi connectivity index (χ1n) is 3.72. The number of hydrogen-bond donors (Lipinski definition) is 1. The lowest BCUT2D eigenvalue weighted by molar-refractivity contribution is 0.308. The fraction of sp³-hybridized carbons (Fsp3) is 0.222. The molecule has 1 aromatic carbocycles. The van der Waals surface area contributed by atoms with E-state index < -0.39 is 0 Å². The Balaban J connectivity index is 2.58. The SMILES string of the molecule is OCCC=Nc1ccc(Br)cc1. The summed E-state index contributed by atoms with van der Waals surface area (Å²) < 4.78 is 1.05. The molecule has 0 heterocycles. The summed E-state index contributed by atoms with van der Waals surface area (Å²) in [6.45, 7) is 0.153. The standard InChI is InChI=1S/C9H10BrNO/c10-8-2-4-9(5-3-8)11-6-1-7-12/h2-6,12H,1,7H2. The predicted octanol–water partition coefficient (Wildman–Crippen LogP) is 2.53. The van der Waals surface area contributed by atoms with Gasteiger partial charge in [0.2, 0.25) is 0 Å². The Hall–Kier alpha value is -0.670. The zero-order valence-corrected chi connectivity index (χ0v) is 8.16. The molecule has 0 radical (unpaired) electrons. The van der Waals surface area contributed by atoms with Gasteiger partial charge in [0.05, 0.1) is 5.69 Å². The summed E-state index contributed by atoms with van der Waals surface area (Å²) in [5, 5.41) is 8.49. The maximum Gasteiger partial charge on any atom is 0.0626 e. The minimum atomic E-state index is 0.153. The van der Waals surface area contributed by atoms with Gasteiger partial charge in [-0.3, -0.25) is 4.99 Å². The van der Waals surface area contributed by atoms with Gasteiger partial charge in [0.1, 0.15) is 0 Å². The van der Waals surface area contributed by atoms with Gasteiger partial charge >= 0.3 is 0 Å². The maximum absolute atomic E-state index is 8.49. The van der Waals surface area contributed by atoms with Crippen LogP contribution in [0, 0.1) is 0 Å². The second-order valence-corrected chi connectivity index (χ2v) is 3.22. The molecule has 0 unspecified atom stereocenters. The van der Waals surface area contributed by atoms with Crippen LogP contribution in [0.25, 0.3) is 0 Å². The van der Waals surface area contributed by atoms with Crippen LogP contribution in [-0.2, 0) is 0 Å². The van der Waals surface area contributed by atoms with Crippen molar-refractivity contribution >= 4 is 27.8 Å². The minimum absolute atomic E-state index is 0.153. The van der Waals surface area contributed by atoms with E-state index >= 15 is 0 Å². The van der Waals surface area contributed by atoms with Crippen molar-refractivity contribution in [3.63, 3.8) is 0 Å². The second kappa shape index (κ2) is 5.06. The Morgan fingerprint density at radius 3 is 2.58 bits per heavy atom. The largest absolute Gasteiger partial charge is 0.396 e. The Kier molecular flexibility index (Phi) is 3.97. The first-order chi connectivity index (χ1) is 5.83. The van der Waals surface area contributed by atoms with Crippen molar-refractivity contribution < 1.29 is 5.11 Å². The summed E-state index contributed by atoms with van der Waals surface area (Å²) in [5.41, 5.74) is 0.909. The van der Waals surface area contributed by atoms with E-state index in [0.717, 1.165) is 10.2 Å². The highest BCUT2D eigenvalue weighted by molar-refractivity contribution is 9.10. The minimum Gasteiger partial charge on any atom is -0.396 e. The van der Waals surface area contributed by atoms with Crippen LogP contribution in [0.3, 0.4) is 0 Å². The highest BCUT2D eigenvalue weighted by atomic mass is 79.9. The van der Waals surface area contributed by atoms with Gasteiger partial charge in [-0.2, -0.15) is 0 Å². The molecule has 1 N–H and O–H groups in total. The monoisotopic (exact) mass is 227 g/mol. The van der Waals surface area contributed by atoms with E-state index in [-0.39, 0.29) is 6.61 Å². The lowest BCUT2D eigenvalue weighted by Crippen LogP contribution is -1.81. The van der Waals surface area contributed by atoms with Gasteiger partial charge in [-0.15, -0.1) is 0 Å². The van der Waals surface area contributed by atoms with Crippen LogP contribution in [0.15, 0.2) is 33.7 Å². The molecule has 0 bridgehead atoms. The van der Waals surface area contributed by atoms with Crippen LogP contribution in [0.1, 0.15) is 6.42 Å². The summed E-state index contributed by atoms with van der Waals surface area (Å²) in [4.78, 5) is 4.13. The first kappa shape index (κ1) is 9.42. The van der Waals surface area contributed by atoms with E-state index in [1.54, 1.807) is 6.21 Å². The topological polar surface area (TPSA) is 32.6 Å². The maximum atomic E-state index is 8.49. The van der Waals surface area contributed by atoms with Crippen molar-refractivity contribution in [2.75, 3.05) is 6.61 Å². The summed E-state index contributed by atoms with van der Waals surface area (Å²) >= 11 is 3.34. The van der Waals surface area contributed by atoms with Crippen molar-refractivity contribution in [2.24, 2.45) is 4.99 Å². The second-order valence-electron chi connectivity index (χ2n) is 2.30. The Morgan fingerprint density at radius 1 is 1.33 bits per heavy atom. The zero-order valence-electron chi connectivity index (χ0n) is 6.57. The quantitative estimate of drug-likeness (QED) is 0.792. The van der Waals surface area contributed by atoms with Crippen LogP contribution in [0.5, 0.6) is 0 Å². The molecule has 0 amide bonds. The van der Waals surface area contributed by atoms with Crippen molar-refractivity contribution in [2.45, 2.75) is 6.42 Å². The molecule has 1 aromatic rings. The molecular formula is C9H10BrNO. The third kappa shape index (κ3) is 3.15. The van der Waals surface area contributed by atoms with Crippen LogP contribution in [-0.4, -0.2) is 17.9 Å². The lowest BCUT2D eigenvalue weighted by Gasteiger charge is -1.92. The molecule has 0 fully saturated rings. The fourth-order valence-electron chi connectivity index (χ4n) is 0.755. The molecule has 12 heavy (non-hydrogen) atoms. The van der Waals surface area contributed by atoms with Gasteiger partial charge < -0.3 is 5.11 Å². The number of nitrogens with zero attached hydrogens (tertiary/aromatic N) is 1. The normalized spacial score (nSPS) is 10.8. The number of benzene rings is 1. The van der Waals surface area contributed by atoms with Crippen molar-refractivity contribution in [1.82, 2.24) is 0 Å². The van der Waals surface area contributed by atoms with Crippen molar-refractivity contribution in [3.05, 3.63) is 28.7 Å². The van der Waals surface area contributed by atoms with Crippen molar-refractivity contribution in [3.8, 4) is 0 Å². The fourth-order valence-corrected chi connectivity index (χ4v) is 1.02. The number of aliphatic hydroxyl groups excluding tert-OH is 1. The van der Waals surface area contributed by atoms with Crippen LogP contribution >= 0.6 is 15.9 Å². The third-order valence-corrected chi connectivity index (χ3v) is 1.85. The van der Waals surface area contributed by atoms with E-state index in [0.29, 0.717) is 6.42 Å². The lowest BCUT2D eigenvalue weighted by atomic mass is 10.3. The molecule has 0 atom stereocenters. The zero-order chi connectivity index (χ0) is 8.81. The number of halogens is 1. The van der Waals surface area contributed by atoms with E-state index in [4.69, 9.17) is 5.11 Å². The number of rotatable bonds is 3. The van der Waals surface area contributed by atoms with E-state index in [1.807, 2.05) is 24.3 Å². The molecule has 3 heteroatoms. The summed E-state index contributed by atoms with van der Waals surface area (Å²) in [6.07, 6.45) is 2.32. The number of aliphatic imine (C=N–C) groups is 1. The van der Waals surface area contributed by atoms with Gasteiger partial charge in [0.15, 0.2) is 0 Å². The van der Waals surface area contributed by atoms with Gasteiger partial charge in [0, 0.05) is 23.7 Å². The van der Waals surface area contributed by atoms with Gasteiger partial charge in [0.25, 0.3) is 0 Å². The van der Waals surface area contributed by atoms with Crippen LogP contribution in [0.4, 0.5) is 5.69 Å². The van der Waals surface area contributed by atoms with Gasteiger partial charge in [-0.1, -0.05) is 15.9 Å².